The Balaban J connectivity index is 1.55. The summed E-state index contributed by atoms with van der Waals surface area (Å²) in [5.74, 6) is 0.434. The Kier molecular flexibility index (Phi) is 5.00. The number of hydrogen-bond donors (Lipinski definition) is 2. The number of carbonyl (C=O) groups is 2. The molecule has 0 bridgehead atoms. The number of nitrogens with zero attached hydrogens (tertiary/aromatic N) is 1. The molecule has 2 N–H and O–H groups in total. The summed E-state index contributed by atoms with van der Waals surface area (Å²) in [7, 11) is 0. The van der Waals surface area contributed by atoms with Crippen LogP contribution in [0.1, 0.15) is 37.7 Å². The lowest BCUT2D eigenvalue weighted by Gasteiger charge is -2.16. The van der Waals surface area contributed by atoms with E-state index in [0.717, 1.165) is 24.1 Å². The first kappa shape index (κ1) is 16.7. The second-order valence-electron chi connectivity index (χ2n) is 6.66. The topological polar surface area (TPSA) is 69.6 Å². The van der Waals surface area contributed by atoms with E-state index >= 15 is 0 Å². The van der Waals surface area contributed by atoms with E-state index in [9.17, 15) is 9.59 Å². The summed E-state index contributed by atoms with van der Waals surface area (Å²) in [6, 6.07) is 7.96. The maximum Gasteiger partial charge on any atom is 0.223 e. The molecule has 2 aliphatic rings. The third-order valence-corrected chi connectivity index (χ3v) is 4.92. The number of rotatable bonds is 5. The number of aliphatic hydroxyl groups is 1. The lowest BCUT2D eigenvalue weighted by Crippen LogP contribution is -2.33. The molecular weight excluding hydrogens is 304 g/mol. The molecule has 0 saturated carbocycles. The van der Waals surface area contributed by atoms with Gasteiger partial charge in [-0.15, -0.1) is 0 Å². The Hall–Kier alpha value is -2.14. The van der Waals surface area contributed by atoms with E-state index in [0.29, 0.717) is 13.0 Å². The van der Waals surface area contributed by atoms with E-state index in [-0.39, 0.29) is 36.3 Å². The number of para-hydroxylation sites is 1. The maximum absolute atomic E-state index is 12.2. The molecule has 128 valence electrons. The highest BCUT2D eigenvalue weighted by molar-refractivity contribution is 5.94. The first-order valence-electron chi connectivity index (χ1n) is 8.54. The van der Waals surface area contributed by atoms with Gasteiger partial charge in [0.05, 0.1) is 0 Å². The van der Waals surface area contributed by atoms with Gasteiger partial charge < -0.3 is 15.3 Å². The summed E-state index contributed by atoms with van der Waals surface area (Å²) in [5, 5.41) is 12.1. The summed E-state index contributed by atoms with van der Waals surface area (Å²) < 4.78 is 0. The fourth-order valence-electron chi connectivity index (χ4n) is 3.64. The largest absolute Gasteiger partial charge is 0.396 e. The van der Waals surface area contributed by atoms with Gasteiger partial charge in [-0.3, -0.25) is 9.59 Å². The normalized spacial score (nSPS) is 24.9. The van der Waals surface area contributed by atoms with Crippen LogP contribution < -0.4 is 10.2 Å². The molecule has 3 atom stereocenters. The number of hydrogen-bond acceptors (Lipinski definition) is 3. The lowest BCUT2D eigenvalue weighted by molar-refractivity contribution is -0.121. The van der Waals surface area contributed by atoms with Crippen molar-refractivity contribution in [1.82, 2.24) is 5.32 Å². The van der Waals surface area contributed by atoms with Crippen molar-refractivity contribution in [1.29, 1.82) is 0 Å². The third-order valence-electron chi connectivity index (χ3n) is 4.92. The van der Waals surface area contributed by atoms with Gasteiger partial charge in [0.25, 0.3) is 0 Å². The number of anilines is 1. The van der Waals surface area contributed by atoms with Crippen LogP contribution in [0.2, 0.25) is 0 Å². The standard InChI is InChI=1S/C19H24N2O3/c1-13(23)21-11-15(17-4-2-3-5-18(17)21)7-9-19(24)20-16-8-6-14(10-16)12-22/h2-6,8,14-16,22H,7,9-12H2,1H3,(H,20,24)/t14-,15+,16+/m0/s1. The molecule has 1 aliphatic carbocycles. The number of fused-ring (bicyclic) bond motifs is 1. The first-order valence-corrected chi connectivity index (χ1v) is 8.54. The molecule has 0 aromatic heterocycles. The molecule has 0 fully saturated rings. The average Bonchev–Trinajstić information content (AvgIpc) is 3.17. The van der Waals surface area contributed by atoms with Crippen molar-refractivity contribution in [3.05, 3.63) is 42.0 Å². The first-order chi connectivity index (χ1) is 11.6. The number of nitrogens with one attached hydrogen (secondary N) is 1. The molecule has 1 aromatic carbocycles. The van der Waals surface area contributed by atoms with Crippen LogP contribution in [0.4, 0.5) is 5.69 Å². The van der Waals surface area contributed by atoms with Gasteiger partial charge in [-0.2, -0.15) is 0 Å². The predicted octanol–water partition coefficient (Wildman–Crippen LogP) is 1.97. The van der Waals surface area contributed by atoms with Crippen LogP contribution in [0.3, 0.4) is 0 Å². The van der Waals surface area contributed by atoms with Crippen LogP contribution in [0.5, 0.6) is 0 Å². The molecule has 1 heterocycles. The van der Waals surface area contributed by atoms with Crippen molar-refractivity contribution < 1.29 is 14.7 Å². The second kappa shape index (κ2) is 7.18. The quantitative estimate of drug-likeness (QED) is 0.812. The monoisotopic (exact) mass is 328 g/mol. The Morgan fingerprint density at radius 1 is 1.29 bits per heavy atom. The fourth-order valence-corrected chi connectivity index (χ4v) is 3.64. The Labute approximate surface area is 142 Å². The second-order valence-corrected chi connectivity index (χ2v) is 6.66. The van der Waals surface area contributed by atoms with Crippen LogP contribution in [-0.2, 0) is 9.59 Å². The van der Waals surface area contributed by atoms with Gasteiger partial charge in [0, 0.05) is 50.1 Å². The van der Waals surface area contributed by atoms with Crippen LogP contribution >= 0.6 is 0 Å². The van der Waals surface area contributed by atoms with E-state index in [1.165, 1.54) is 0 Å². The Morgan fingerprint density at radius 2 is 2.08 bits per heavy atom. The molecule has 5 heteroatoms. The van der Waals surface area contributed by atoms with Crippen molar-refractivity contribution in [2.24, 2.45) is 5.92 Å². The lowest BCUT2D eigenvalue weighted by atomic mass is 9.96. The van der Waals surface area contributed by atoms with Crippen molar-refractivity contribution in [2.45, 2.75) is 38.1 Å². The number of benzene rings is 1. The van der Waals surface area contributed by atoms with Crippen LogP contribution in [0.15, 0.2) is 36.4 Å². The van der Waals surface area contributed by atoms with Gasteiger partial charge in [0.15, 0.2) is 0 Å². The molecule has 0 unspecified atom stereocenters. The van der Waals surface area contributed by atoms with Crippen LogP contribution in [-0.4, -0.2) is 36.1 Å². The molecule has 0 spiro atoms. The van der Waals surface area contributed by atoms with Crippen molar-refractivity contribution in [3.63, 3.8) is 0 Å². The van der Waals surface area contributed by atoms with Gasteiger partial charge in [-0.05, 0) is 24.5 Å². The Morgan fingerprint density at radius 3 is 2.79 bits per heavy atom. The van der Waals surface area contributed by atoms with Gasteiger partial charge in [0.1, 0.15) is 0 Å². The highest BCUT2D eigenvalue weighted by Gasteiger charge is 2.30. The minimum atomic E-state index is 0.0271. The highest BCUT2D eigenvalue weighted by Crippen LogP contribution is 2.38. The minimum Gasteiger partial charge on any atom is -0.396 e. The zero-order chi connectivity index (χ0) is 17.1. The van der Waals surface area contributed by atoms with Gasteiger partial charge in [-0.25, -0.2) is 0 Å². The molecule has 0 radical (unpaired) electrons. The van der Waals surface area contributed by atoms with E-state index < -0.39 is 0 Å². The third kappa shape index (κ3) is 3.51. The molecule has 3 rings (SSSR count). The smallest absolute Gasteiger partial charge is 0.223 e. The summed E-state index contributed by atoms with van der Waals surface area (Å²) >= 11 is 0. The maximum atomic E-state index is 12.2. The average molecular weight is 328 g/mol. The van der Waals surface area contributed by atoms with Crippen molar-refractivity contribution >= 4 is 17.5 Å². The molecule has 24 heavy (non-hydrogen) atoms. The number of carbonyl (C=O) groups excluding carboxylic acids is 2. The molecule has 1 aliphatic heterocycles. The summed E-state index contributed by atoms with van der Waals surface area (Å²) in [5.41, 5.74) is 2.13. The molecular formula is C19H24N2O3. The Bertz CT molecular complexity index is 656. The minimum absolute atomic E-state index is 0.0271. The highest BCUT2D eigenvalue weighted by atomic mass is 16.3. The van der Waals surface area contributed by atoms with Gasteiger partial charge >= 0.3 is 0 Å². The SMILES string of the molecule is CC(=O)N1C[C@@H](CCC(=O)N[C@@H]2C=C[C@H](CO)C2)c2ccccc21. The van der Waals surface area contributed by atoms with E-state index in [4.69, 9.17) is 5.11 Å². The predicted molar refractivity (Wildman–Crippen MR) is 92.7 cm³/mol. The van der Waals surface area contributed by atoms with Gasteiger partial charge in [-0.1, -0.05) is 30.4 Å². The van der Waals surface area contributed by atoms with E-state index in [1.54, 1.807) is 11.8 Å². The molecule has 2 amide bonds. The molecule has 0 saturated heterocycles. The van der Waals surface area contributed by atoms with E-state index in [1.807, 2.05) is 36.4 Å². The van der Waals surface area contributed by atoms with E-state index in [2.05, 4.69) is 5.32 Å². The van der Waals surface area contributed by atoms with Crippen LogP contribution in [0.25, 0.3) is 0 Å². The van der Waals surface area contributed by atoms with Crippen molar-refractivity contribution in [2.75, 3.05) is 18.1 Å². The number of amides is 2. The summed E-state index contributed by atoms with van der Waals surface area (Å²) in [4.78, 5) is 25.8. The van der Waals surface area contributed by atoms with Gasteiger partial charge in [0.2, 0.25) is 11.8 Å². The van der Waals surface area contributed by atoms with Crippen LogP contribution in [0, 0.1) is 5.92 Å². The number of aliphatic hydroxyl groups excluding tert-OH is 1. The summed E-state index contributed by atoms with van der Waals surface area (Å²) in [6.45, 7) is 2.36. The molecule has 1 aromatic rings. The summed E-state index contributed by atoms with van der Waals surface area (Å²) in [6.07, 6.45) is 5.86. The molecule has 5 nitrogen and oxygen atoms in total. The zero-order valence-corrected chi connectivity index (χ0v) is 13.9. The zero-order valence-electron chi connectivity index (χ0n) is 13.9. The fraction of sp³-hybridized carbons (Fsp3) is 0.474. The van der Waals surface area contributed by atoms with Crippen molar-refractivity contribution in [3.8, 4) is 0 Å².